The van der Waals surface area contributed by atoms with Gasteiger partial charge in [-0.15, -0.1) is 17.0 Å². The first-order valence-electron chi connectivity index (χ1n) is 1.58. The maximum absolute atomic E-state index is 3.26. The molecule has 0 aliphatic carbocycles. The van der Waals surface area contributed by atoms with E-state index in [0.29, 0.717) is 4.95 Å². The topological polar surface area (TPSA) is 12.0 Å². The van der Waals surface area contributed by atoms with E-state index in [1.54, 1.807) is 0 Å². The summed E-state index contributed by atoms with van der Waals surface area (Å²) in [5.74, 6) is 0. The van der Waals surface area contributed by atoms with Crippen LogP contribution in [0.3, 0.4) is 0 Å². The summed E-state index contributed by atoms with van der Waals surface area (Å²) in [6.45, 7) is 2.03. The molecule has 0 aliphatic rings. The zero-order valence-electron chi connectivity index (χ0n) is 3.86. The first-order valence-corrected chi connectivity index (χ1v) is 2.50. The maximum atomic E-state index is 3.26. The summed E-state index contributed by atoms with van der Waals surface area (Å²) in [5.41, 5.74) is 0. The van der Waals surface area contributed by atoms with E-state index in [1.165, 1.54) is 0 Å². The predicted molar refractivity (Wildman–Crippen MR) is 37.8 cm³/mol. The Kier molecular flexibility index (Phi) is 9.89. The van der Waals surface area contributed by atoms with Crippen molar-refractivity contribution < 1.29 is 0 Å². The number of nitrogens with one attached hydrogen (secondary N) is 1. The molecule has 1 atom stereocenters. The lowest BCUT2D eigenvalue weighted by Gasteiger charge is -1.92. The Hall–Kier alpha value is 0.920. The highest BCUT2D eigenvalue weighted by molar-refractivity contribution is 9.09. The molecule has 1 nitrogen and oxygen atoms in total. The highest BCUT2D eigenvalue weighted by Gasteiger charge is 1.79. The van der Waals surface area contributed by atoms with Gasteiger partial charge in [0, 0.05) is 0 Å². The third kappa shape index (κ3) is 8.87. The van der Waals surface area contributed by atoms with Crippen molar-refractivity contribution in [3.8, 4) is 0 Å². The SMILES string of the molecule is Br.CNC(C)Br. The summed E-state index contributed by atoms with van der Waals surface area (Å²) >= 11 is 3.26. The van der Waals surface area contributed by atoms with Crippen LogP contribution in [0.2, 0.25) is 0 Å². The van der Waals surface area contributed by atoms with Crippen LogP contribution in [0.15, 0.2) is 0 Å². The van der Waals surface area contributed by atoms with E-state index in [2.05, 4.69) is 21.2 Å². The van der Waals surface area contributed by atoms with Crippen LogP contribution < -0.4 is 5.32 Å². The van der Waals surface area contributed by atoms with Crippen LogP contribution in [0.4, 0.5) is 0 Å². The van der Waals surface area contributed by atoms with E-state index in [9.17, 15) is 0 Å². The highest BCUT2D eigenvalue weighted by Crippen LogP contribution is 1.86. The molecule has 0 saturated carbocycles. The van der Waals surface area contributed by atoms with E-state index in [1.807, 2.05) is 14.0 Å². The molecule has 0 aromatic rings. The third-order valence-corrected chi connectivity index (χ3v) is 0.856. The summed E-state index contributed by atoms with van der Waals surface area (Å²) in [5, 5.41) is 2.94. The van der Waals surface area contributed by atoms with Gasteiger partial charge >= 0.3 is 0 Å². The molecular formula is C3H9Br2N. The Balaban J connectivity index is 0. The lowest BCUT2D eigenvalue weighted by molar-refractivity contribution is 0.820. The van der Waals surface area contributed by atoms with Gasteiger partial charge in [-0.1, -0.05) is 15.9 Å². The number of hydrogen-bond acceptors (Lipinski definition) is 1. The Labute approximate surface area is 57.4 Å². The summed E-state index contributed by atoms with van der Waals surface area (Å²) in [7, 11) is 1.90. The number of halogens is 2. The fraction of sp³-hybridized carbons (Fsp3) is 1.00. The molecule has 0 heterocycles. The van der Waals surface area contributed by atoms with Gasteiger partial charge in [0.1, 0.15) is 0 Å². The zero-order chi connectivity index (χ0) is 4.28. The minimum Gasteiger partial charge on any atom is -0.308 e. The number of rotatable bonds is 1. The minimum absolute atomic E-state index is 0. The normalized spacial score (nSPS) is 12.5. The van der Waals surface area contributed by atoms with E-state index in [4.69, 9.17) is 0 Å². The average molecular weight is 219 g/mol. The van der Waals surface area contributed by atoms with Gasteiger partial charge < -0.3 is 5.32 Å². The van der Waals surface area contributed by atoms with Crippen molar-refractivity contribution in [3.05, 3.63) is 0 Å². The van der Waals surface area contributed by atoms with Crippen LogP contribution in [0, 0.1) is 0 Å². The molecule has 0 fully saturated rings. The zero-order valence-corrected chi connectivity index (χ0v) is 7.16. The molecule has 3 heteroatoms. The Morgan fingerprint density at radius 3 is 1.83 bits per heavy atom. The molecule has 40 valence electrons. The quantitative estimate of drug-likeness (QED) is 0.520. The molecule has 0 aliphatic heterocycles. The molecule has 0 rings (SSSR count). The Bertz CT molecular complexity index is 22.8. The van der Waals surface area contributed by atoms with Crippen LogP contribution in [-0.2, 0) is 0 Å². The molecule has 1 N–H and O–H groups in total. The summed E-state index contributed by atoms with van der Waals surface area (Å²) in [6.07, 6.45) is 0. The molecule has 0 aromatic carbocycles. The molecule has 0 spiro atoms. The van der Waals surface area contributed by atoms with Crippen LogP contribution in [-0.4, -0.2) is 12.0 Å². The van der Waals surface area contributed by atoms with Crippen LogP contribution in [0.1, 0.15) is 6.92 Å². The second-order valence-corrected chi connectivity index (χ2v) is 2.28. The highest BCUT2D eigenvalue weighted by atomic mass is 79.9. The lowest BCUT2D eigenvalue weighted by Crippen LogP contribution is -2.12. The van der Waals surface area contributed by atoms with Gasteiger partial charge in [-0.2, -0.15) is 0 Å². The summed E-state index contributed by atoms with van der Waals surface area (Å²) < 4.78 is 0. The minimum atomic E-state index is 0. The fourth-order valence-corrected chi connectivity index (χ4v) is 0. The van der Waals surface area contributed by atoms with Crippen molar-refractivity contribution in [2.75, 3.05) is 7.05 Å². The van der Waals surface area contributed by atoms with Gasteiger partial charge in [-0.05, 0) is 14.0 Å². The van der Waals surface area contributed by atoms with Gasteiger partial charge in [0.05, 0.1) is 4.95 Å². The molecule has 0 amide bonds. The van der Waals surface area contributed by atoms with Gasteiger partial charge in [-0.25, -0.2) is 0 Å². The Morgan fingerprint density at radius 1 is 1.67 bits per heavy atom. The van der Waals surface area contributed by atoms with Crippen molar-refractivity contribution in [3.63, 3.8) is 0 Å². The molecule has 0 saturated heterocycles. The second kappa shape index (κ2) is 5.92. The lowest BCUT2D eigenvalue weighted by atomic mass is 10.8. The molecular weight excluding hydrogens is 210 g/mol. The monoisotopic (exact) mass is 217 g/mol. The standard InChI is InChI=1S/C3H8BrN.BrH/c1-3(4)5-2;/h3,5H,1-2H3;1H. The fourth-order valence-electron chi connectivity index (χ4n) is 0. The van der Waals surface area contributed by atoms with E-state index >= 15 is 0 Å². The van der Waals surface area contributed by atoms with Gasteiger partial charge in [-0.3, -0.25) is 0 Å². The van der Waals surface area contributed by atoms with E-state index in [-0.39, 0.29) is 17.0 Å². The van der Waals surface area contributed by atoms with Crippen molar-refractivity contribution >= 4 is 32.9 Å². The summed E-state index contributed by atoms with van der Waals surface area (Å²) in [4.78, 5) is 0.447. The maximum Gasteiger partial charge on any atom is 0.0599 e. The largest absolute Gasteiger partial charge is 0.308 e. The van der Waals surface area contributed by atoms with Gasteiger partial charge in [0.25, 0.3) is 0 Å². The first kappa shape index (κ1) is 10.0. The predicted octanol–water partition coefficient (Wildman–Crippen LogP) is 1.52. The van der Waals surface area contributed by atoms with Crippen LogP contribution in [0.25, 0.3) is 0 Å². The number of hydrogen-bond donors (Lipinski definition) is 1. The van der Waals surface area contributed by atoms with E-state index < -0.39 is 0 Å². The average Bonchev–Trinajstić information content (AvgIpc) is 1.38. The van der Waals surface area contributed by atoms with Crippen LogP contribution >= 0.6 is 32.9 Å². The van der Waals surface area contributed by atoms with Gasteiger partial charge in [0.2, 0.25) is 0 Å². The molecule has 6 heavy (non-hydrogen) atoms. The third-order valence-electron chi connectivity index (χ3n) is 0.398. The van der Waals surface area contributed by atoms with Gasteiger partial charge in [0.15, 0.2) is 0 Å². The number of alkyl halides is 1. The van der Waals surface area contributed by atoms with Crippen LogP contribution in [0.5, 0.6) is 0 Å². The second-order valence-electron chi connectivity index (χ2n) is 0.905. The first-order chi connectivity index (χ1) is 2.27. The van der Waals surface area contributed by atoms with Crippen molar-refractivity contribution in [2.45, 2.75) is 11.9 Å². The van der Waals surface area contributed by atoms with Crippen molar-refractivity contribution in [1.29, 1.82) is 0 Å². The molecule has 1 unspecified atom stereocenters. The molecule has 0 radical (unpaired) electrons. The molecule has 0 bridgehead atoms. The van der Waals surface area contributed by atoms with Crippen molar-refractivity contribution in [1.82, 2.24) is 5.32 Å². The van der Waals surface area contributed by atoms with E-state index in [0.717, 1.165) is 0 Å². The van der Waals surface area contributed by atoms with Crippen molar-refractivity contribution in [2.24, 2.45) is 0 Å². The Morgan fingerprint density at radius 2 is 1.83 bits per heavy atom. The summed E-state index contributed by atoms with van der Waals surface area (Å²) in [6, 6.07) is 0. The molecule has 0 aromatic heterocycles. The smallest absolute Gasteiger partial charge is 0.0599 e.